The lowest BCUT2D eigenvalue weighted by atomic mass is 9.87. The highest BCUT2D eigenvalue weighted by Gasteiger charge is 2.38. The highest BCUT2D eigenvalue weighted by atomic mass is 32.1. The maximum absolute atomic E-state index is 15.4. The minimum atomic E-state index is -1.54. The number of allylic oxidation sites excluding steroid dienone is 10. The van der Waals surface area contributed by atoms with Gasteiger partial charge in [0.2, 0.25) is 0 Å². The lowest BCUT2D eigenvalue weighted by Gasteiger charge is -2.15. The molecule has 0 saturated carbocycles. The molecule has 6 nitrogen and oxygen atoms in total. The molecule has 14 heteroatoms. The van der Waals surface area contributed by atoms with E-state index in [-0.39, 0.29) is 55.7 Å². The Morgan fingerprint density at radius 3 is 1.18 bits per heavy atom. The first-order valence-corrected chi connectivity index (χ1v) is 15.3. The van der Waals surface area contributed by atoms with Crippen LogP contribution in [0.2, 0.25) is 0 Å². The van der Waals surface area contributed by atoms with Gasteiger partial charge in [-0.1, -0.05) is 12.1 Å². The summed E-state index contributed by atoms with van der Waals surface area (Å²) in [5, 5.41) is 59.4. The Bertz CT molecular complexity index is 2500. The molecule has 0 fully saturated rings. The summed E-state index contributed by atoms with van der Waals surface area (Å²) in [5.74, 6) is -7.74. The van der Waals surface area contributed by atoms with Gasteiger partial charge < -0.3 is 0 Å². The molecule has 0 unspecified atom stereocenters. The minimum absolute atomic E-state index is 0.00332. The van der Waals surface area contributed by atoms with E-state index in [1.165, 1.54) is 36.4 Å². The van der Waals surface area contributed by atoms with Crippen LogP contribution in [0, 0.1) is 103 Å². The molecule has 2 aliphatic rings. The van der Waals surface area contributed by atoms with Crippen molar-refractivity contribution >= 4 is 45.0 Å². The van der Waals surface area contributed by atoms with Crippen LogP contribution >= 0.6 is 22.7 Å². The van der Waals surface area contributed by atoms with Crippen molar-refractivity contribution in [1.29, 1.82) is 31.6 Å². The summed E-state index contributed by atoms with van der Waals surface area (Å²) in [6.07, 6.45) is 2.62. The number of hydrogen-bond acceptors (Lipinski definition) is 8. The largest absolute Gasteiger partial charge is 0.207 e. The topological polar surface area (TPSA) is 143 Å². The van der Waals surface area contributed by atoms with Crippen LogP contribution < -0.4 is 0 Å². The van der Waals surface area contributed by atoms with Crippen LogP contribution in [0.4, 0.5) is 26.3 Å². The van der Waals surface area contributed by atoms with Gasteiger partial charge in [0.25, 0.3) is 0 Å². The zero-order valence-electron chi connectivity index (χ0n) is 24.4. The Balaban J connectivity index is 1.80. The van der Waals surface area contributed by atoms with E-state index in [1.807, 2.05) is 24.3 Å². The molecule has 0 radical (unpaired) electrons. The van der Waals surface area contributed by atoms with Gasteiger partial charge in [-0.05, 0) is 58.7 Å². The summed E-state index contributed by atoms with van der Waals surface area (Å²) in [7, 11) is 0. The average molecular weight is 703 g/mol. The fourth-order valence-electron chi connectivity index (χ4n) is 5.63. The molecule has 0 N–H and O–H groups in total. The summed E-state index contributed by atoms with van der Waals surface area (Å²) in [6, 6.07) is 16.4. The maximum atomic E-state index is 15.4. The van der Waals surface area contributed by atoms with Crippen LogP contribution in [0.5, 0.6) is 0 Å². The van der Waals surface area contributed by atoms with Crippen LogP contribution in [0.25, 0.3) is 22.3 Å². The van der Waals surface area contributed by atoms with Gasteiger partial charge in [0.05, 0.1) is 44.2 Å². The van der Waals surface area contributed by atoms with Crippen LogP contribution in [-0.2, 0) is 0 Å². The molecule has 0 atom stereocenters. The first kappa shape index (κ1) is 33.0. The van der Waals surface area contributed by atoms with Crippen molar-refractivity contribution in [3.8, 4) is 36.4 Å². The fraction of sp³-hybridized carbons (Fsp3) is 0. The van der Waals surface area contributed by atoms with Gasteiger partial charge in [-0.15, -0.1) is 22.7 Å². The van der Waals surface area contributed by atoms with Gasteiger partial charge in [-0.2, -0.15) is 31.6 Å². The predicted octanol–water partition coefficient (Wildman–Crippen LogP) is 8.88. The molecule has 0 spiro atoms. The summed E-state index contributed by atoms with van der Waals surface area (Å²) in [4.78, 5) is -2.61. The van der Waals surface area contributed by atoms with E-state index in [9.17, 15) is 49.1 Å². The van der Waals surface area contributed by atoms with Crippen molar-refractivity contribution in [3.05, 3.63) is 148 Å². The maximum Gasteiger partial charge on any atom is 0.188 e. The summed E-state index contributed by atoms with van der Waals surface area (Å²) >= 11 is 0.631. The third-order valence-electron chi connectivity index (χ3n) is 7.70. The molecule has 50 heavy (non-hydrogen) atoms. The molecule has 2 heterocycles. The molecule has 0 aliphatic heterocycles. The number of halogens is 6. The van der Waals surface area contributed by atoms with E-state index in [0.717, 1.165) is 24.3 Å². The zero-order chi connectivity index (χ0) is 36.0. The molecule has 0 amide bonds. The molecule has 2 aromatic heterocycles. The first-order chi connectivity index (χ1) is 24.0. The highest BCUT2D eigenvalue weighted by molar-refractivity contribution is 7.14. The smallest absolute Gasteiger partial charge is 0.188 e. The van der Waals surface area contributed by atoms with E-state index < -0.39 is 65.6 Å². The number of hydrogen-bond donors (Lipinski definition) is 0. The molecule has 236 valence electrons. The summed E-state index contributed by atoms with van der Waals surface area (Å²) in [5.41, 5.74) is -2.08. The quantitative estimate of drug-likeness (QED) is 0.154. The van der Waals surface area contributed by atoms with Crippen molar-refractivity contribution in [1.82, 2.24) is 0 Å². The third-order valence-corrected chi connectivity index (χ3v) is 9.83. The van der Waals surface area contributed by atoms with Gasteiger partial charge in [-0.3, -0.25) is 0 Å². The molecular formula is C36H8F6N6S2. The number of nitriles is 6. The lowest BCUT2D eigenvalue weighted by Crippen LogP contribution is -1.99. The molecule has 0 saturated heterocycles. The van der Waals surface area contributed by atoms with Crippen molar-refractivity contribution in [2.75, 3.05) is 0 Å². The monoisotopic (exact) mass is 702 g/mol. The first-order valence-electron chi connectivity index (χ1n) is 13.7. The Morgan fingerprint density at radius 2 is 0.880 bits per heavy atom. The third kappa shape index (κ3) is 4.98. The Kier molecular flexibility index (Phi) is 8.30. The minimum Gasteiger partial charge on any atom is -0.207 e. The van der Waals surface area contributed by atoms with Crippen LogP contribution in [0.1, 0.15) is 41.8 Å². The van der Waals surface area contributed by atoms with Crippen LogP contribution in [-0.4, -0.2) is 0 Å². The Labute approximate surface area is 286 Å². The SMILES string of the molecule is N#C/C(=C1\C(c2ccc(F)cc2C#N)=CC2=C1C=C(c1ccc(F)cc1C#N)/C2=C(\C#N)c1sc(C#N)c(F)c1F)c1sc(C#N)c(F)c1F. The van der Waals surface area contributed by atoms with E-state index in [4.69, 9.17) is 0 Å². The lowest BCUT2D eigenvalue weighted by molar-refractivity contribution is 0.513. The number of rotatable bonds is 4. The van der Waals surface area contributed by atoms with Gasteiger partial charge in [0, 0.05) is 22.3 Å². The van der Waals surface area contributed by atoms with Gasteiger partial charge in [-0.25, -0.2) is 26.3 Å². The summed E-state index contributed by atoms with van der Waals surface area (Å²) < 4.78 is 88.7. The molecule has 0 bridgehead atoms. The van der Waals surface area contributed by atoms with E-state index >= 15 is 8.78 Å². The number of thiophene rings is 2. The van der Waals surface area contributed by atoms with Crippen molar-refractivity contribution < 1.29 is 26.3 Å². The second-order valence-electron chi connectivity index (χ2n) is 10.3. The van der Waals surface area contributed by atoms with Crippen molar-refractivity contribution in [2.24, 2.45) is 0 Å². The second-order valence-corrected chi connectivity index (χ2v) is 12.3. The van der Waals surface area contributed by atoms with E-state index in [2.05, 4.69) is 0 Å². The highest BCUT2D eigenvalue weighted by Crippen LogP contribution is 2.55. The van der Waals surface area contributed by atoms with Gasteiger partial charge in [0.15, 0.2) is 23.3 Å². The molecule has 2 aliphatic carbocycles. The fourth-order valence-corrected chi connectivity index (χ4v) is 7.35. The molecule has 6 rings (SSSR count). The summed E-state index contributed by atoms with van der Waals surface area (Å²) in [6.45, 7) is 0. The van der Waals surface area contributed by atoms with Gasteiger partial charge in [0.1, 0.15) is 45.7 Å². The molecular weight excluding hydrogens is 695 g/mol. The standard InChI is InChI=1S/C36H8F6N6S2/c37-17-1-3-19(15(5-17)9-43)21-7-23-24(29(21)25(11-45)35-33(41)31(39)27(13-47)49-35)8-22(20-4-2-18(38)6-16(20)10-44)30(23)26(12-46)36-34(42)32(40)28(14-48)50-36/h1-8H/b29-25-,30-26-. The van der Waals surface area contributed by atoms with Crippen molar-refractivity contribution in [2.45, 2.75) is 0 Å². The molecule has 4 aromatic rings. The second kappa shape index (κ2) is 12.6. The van der Waals surface area contributed by atoms with E-state index in [1.54, 1.807) is 0 Å². The van der Waals surface area contributed by atoms with E-state index in [0.29, 0.717) is 22.7 Å². The van der Waals surface area contributed by atoms with Gasteiger partial charge >= 0.3 is 0 Å². The number of benzene rings is 2. The zero-order valence-corrected chi connectivity index (χ0v) is 26.0. The average Bonchev–Trinajstić information content (AvgIpc) is 3.83. The van der Waals surface area contributed by atoms with Crippen LogP contribution in [0.15, 0.2) is 70.8 Å². The Hall–Kier alpha value is -6.94. The van der Waals surface area contributed by atoms with Crippen LogP contribution in [0.3, 0.4) is 0 Å². The Morgan fingerprint density at radius 1 is 0.500 bits per heavy atom. The molecule has 2 aromatic carbocycles. The predicted molar refractivity (Wildman–Crippen MR) is 168 cm³/mol. The normalized spacial score (nSPS) is 15.1. The van der Waals surface area contributed by atoms with Crippen molar-refractivity contribution in [3.63, 3.8) is 0 Å². The number of nitrogens with zero attached hydrogens (tertiary/aromatic N) is 6.